The van der Waals surface area contributed by atoms with Crippen LogP contribution in [0.2, 0.25) is 5.02 Å². The normalized spacial score (nSPS) is 14.0. The summed E-state index contributed by atoms with van der Waals surface area (Å²) >= 11 is 5.83. The fourth-order valence-corrected chi connectivity index (χ4v) is 2.97. The molecule has 1 atom stereocenters. The minimum absolute atomic E-state index is 0.0479. The Morgan fingerprint density at radius 3 is 2.36 bits per heavy atom. The van der Waals surface area contributed by atoms with Crippen molar-refractivity contribution in [1.82, 2.24) is 9.80 Å². The Morgan fingerprint density at radius 1 is 1.14 bits per heavy atom. The lowest BCUT2D eigenvalue weighted by Gasteiger charge is -2.37. The van der Waals surface area contributed by atoms with Crippen LogP contribution in [0.4, 0.5) is 15.3 Å². The van der Waals surface area contributed by atoms with E-state index in [0.29, 0.717) is 10.7 Å². The average molecular weight is 402 g/mol. The van der Waals surface area contributed by atoms with Gasteiger partial charge in [-0.2, -0.15) is 0 Å². The number of nitrogens with zero attached hydrogens (tertiary/aromatic N) is 2. The van der Waals surface area contributed by atoms with Gasteiger partial charge in [-0.3, -0.25) is 5.32 Å². The van der Waals surface area contributed by atoms with Crippen molar-refractivity contribution < 1.29 is 14.3 Å². The van der Waals surface area contributed by atoms with Gasteiger partial charge in [0.2, 0.25) is 0 Å². The highest BCUT2D eigenvalue weighted by atomic mass is 35.5. The quantitative estimate of drug-likeness (QED) is 0.774. The third kappa shape index (κ3) is 4.95. The van der Waals surface area contributed by atoms with E-state index in [4.69, 9.17) is 16.3 Å². The molecule has 1 N–H and O–H groups in total. The summed E-state index contributed by atoms with van der Waals surface area (Å²) in [5.74, 6) is 0. The molecule has 3 rings (SSSR count). The maximum absolute atomic E-state index is 12.3. The number of anilines is 1. The van der Waals surface area contributed by atoms with E-state index < -0.39 is 6.09 Å². The fourth-order valence-electron chi connectivity index (χ4n) is 2.85. The van der Waals surface area contributed by atoms with Gasteiger partial charge in [-0.05, 0) is 48.7 Å². The molecule has 1 heterocycles. The van der Waals surface area contributed by atoms with Crippen LogP contribution in [0.5, 0.6) is 0 Å². The highest BCUT2D eigenvalue weighted by Crippen LogP contribution is 2.23. The van der Waals surface area contributed by atoms with E-state index in [2.05, 4.69) is 5.32 Å². The predicted octanol–water partition coefficient (Wildman–Crippen LogP) is 4.91. The van der Waals surface area contributed by atoms with Gasteiger partial charge in [0.25, 0.3) is 0 Å². The van der Waals surface area contributed by atoms with Crippen LogP contribution in [0.15, 0.2) is 48.5 Å². The molecule has 28 heavy (non-hydrogen) atoms. The summed E-state index contributed by atoms with van der Waals surface area (Å²) in [6, 6.07) is 14.5. The molecule has 1 saturated heterocycles. The molecule has 0 aliphatic carbocycles. The number of halogens is 1. The highest BCUT2D eigenvalue weighted by Gasteiger charge is 2.26. The zero-order valence-corrected chi connectivity index (χ0v) is 16.8. The Bertz CT molecular complexity index is 820. The zero-order chi connectivity index (χ0) is 20.1. The first-order valence-corrected chi connectivity index (χ1v) is 9.62. The summed E-state index contributed by atoms with van der Waals surface area (Å²) in [7, 11) is 1.81. The molecule has 1 fully saturated rings. The minimum atomic E-state index is -0.527. The number of carbonyl (C=O) groups excluding carboxylic acids is 2. The van der Waals surface area contributed by atoms with Gasteiger partial charge in [0.15, 0.2) is 0 Å². The summed E-state index contributed by atoms with van der Waals surface area (Å²) in [6.45, 7) is 3.82. The molecular weight excluding hydrogens is 378 g/mol. The molecule has 0 bridgehead atoms. The van der Waals surface area contributed by atoms with Crippen LogP contribution in [-0.4, -0.2) is 42.1 Å². The number of hydrogen-bond acceptors (Lipinski definition) is 3. The summed E-state index contributed by atoms with van der Waals surface area (Å²) in [6.07, 6.45) is 0.545. The van der Waals surface area contributed by atoms with E-state index in [0.717, 1.165) is 30.6 Å². The van der Waals surface area contributed by atoms with Crippen LogP contribution in [0.3, 0.4) is 0 Å². The lowest BCUT2D eigenvalue weighted by molar-refractivity contribution is 0.124. The smallest absolute Gasteiger partial charge is 0.411 e. The summed E-state index contributed by atoms with van der Waals surface area (Å²) in [4.78, 5) is 27.9. The van der Waals surface area contributed by atoms with Crippen molar-refractivity contribution >= 4 is 29.4 Å². The Morgan fingerprint density at radius 2 is 1.79 bits per heavy atom. The van der Waals surface area contributed by atoms with Crippen molar-refractivity contribution in [1.29, 1.82) is 0 Å². The largest absolute Gasteiger partial charge is 0.444 e. The Hall–Kier alpha value is -2.73. The first kappa shape index (κ1) is 20.0. The van der Waals surface area contributed by atoms with Crippen molar-refractivity contribution in [3.63, 3.8) is 0 Å². The van der Waals surface area contributed by atoms with Crippen molar-refractivity contribution in [3.8, 4) is 0 Å². The molecule has 148 valence electrons. The second-order valence-corrected chi connectivity index (χ2v) is 7.30. The molecule has 0 saturated carbocycles. The maximum Gasteiger partial charge on any atom is 0.411 e. The number of likely N-dealkylation sites (tertiary alicyclic amines) is 1. The third-order valence-corrected chi connectivity index (χ3v) is 5.18. The van der Waals surface area contributed by atoms with Gasteiger partial charge in [0.05, 0.1) is 6.04 Å². The number of rotatable bonds is 5. The molecule has 0 aromatic heterocycles. The molecular formula is C21H24ClN3O3. The van der Waals surface area contributed by atoms with Crippen molar-refractivity contribution in [2.24, 2.45) is 0 Å². The van der Waals surface area contributed by atoms with Crippen molar-refractivity contribution in [3.05, 3.63) is 64.7 Å². The minimum Gasteiger partial charge on any atom is -0.444 e. The lowest BCUT2D eigenvalue weighted by Crippen LogP contribution is -2.48. The Labute approximate surface area is 170 Å². The van der Waals surface area contributed by atoms with E-state index in [1.807, 2.05) is 43.1 Å². The number of benzene rings is 2. The first-order valence-electron chi connectivity index (χ1n) is 9.24. The summed E-state index contributed by atoms with van der Waals surface area (Å²) < 4.78 is 5.21. The maximum atomic E-state index is 12.3. The molecule has 0 radical (unpaired) electrons. The number of nitrogens with one attached hydrogen (secondary N) is 1. The number of amides is 3. The van der Waals surface area contributed by atoms with Crippen LogP contribution in [0.25, 0.3) is 0 Å². The zero-order valence-electron chi connectivity index (χ0n) is 16.0. The first-order chi connectivity index (χ1) is 13.4. The molecule has 6 nitrogen and oxygen atoms in total. The van der Waals surface area contributed by atoms with Crippen LogP contribution < -0.4 is 5.32 Å². The van der Waals surface area contributed by atoms with Gasteiger partial charge < -0.3 is 14.5 Å². The van der Waals surface area contributed by atoms with Gasteiger partial charge >= 0.3 is 12.1 Å². The molecule has 2 aromatic rings. The van der Waals surface area contributed by atoms with Gasteiger partial charge in [0, 0.05) is 30.8 Å². The van der Waals surface area contributed by atoms with E-state index >= 15 is 0 Å². The lowest BCUT2D eigenvalue weighted by atomic mass is 10.1. The van der Waals surface area contributed by atoms with Crippen LogP contribution >= 0.6 is 11.6 Å². The molecule has 7 heteroatoms. The molecule has 2 aromatic carbocycles. The van der Waals surface area contributed by atoms with Gasteiger partial charge in [0.1, 0.15) is 6.61 Å². The van der Waals surface area contributed by atoms with E-state index in [9.17, 15) is 9.59 Å². The summed E-state index contributed by atoms with van der Waals surface area (Å²) in [5, 5.41) is 3.34. The Balaban J connectivity index is 1.51. The molecule has 1 unspecified atom stereocenters. The highest BCUT2D eigenvalue weighted by molar-refractivity contribution is 6.30. The number of hydrogen-bond donors (Lipinski definition) is 1. The van der Waals surface area contributed by atoms with E-state index in [-0.39, 0.29) is 18.7 Å². The van der Waals surface area contributed by atoms with Gasteiger partial charge in [-0.15, -0.1) is 0 Å². The standard InChI is InChI=1S/C21H24ClN3O3/c1-15(24(2)21(27)25-12-3-13-25)17-6-10-19(11-7-17)23-20(26)28-14-16-4-8-18(22)9-5-16/h4-11,15H,3,12-14H2,1-2H3,(H,23,26). The van der Waals surface area contributed by atoms with Gasteiger partial charge in [-0.1, -0.05) is 35.9 Å². The van der Waals surface area contributed by atoms with Gasteiger partial charge in [-0.25, -0.2) is 9.59 Å². The van der Waals surface area contributed by atoms with E-state index in [1.54, 1.807) is 29.2 Å². The molecule has 1 aliphatic heterocycles. The average Bonchev–Trinajstić information content (AvgIpc) is 2.65. The SMILES string of the molecule is CC(c1ccc(NC(=O)OCc2ccc(Cl)cc2)cc1)N(C)C(=O)N1CCC1. The number of carbonyl (C=O) groups is 2. The monoisotopic (exact) mass is 401 g/mol. The second kappa shape index (κ2) is 8.97. The van der Waals surface area contributed by atoms with E-state index in [1.165, 1.54) is 0 Å². The van der Waals surface area contributed by atoms with Crippen LogP contribution in [-0.2, 0) is 11.3 Å². The molecule has 0 spiro atoms. The molecule has 3 amide bonds. The molecule has 1 aliphatic rings. The van der Waals surface area contributed by atoms with Crippen molar-refractivity contribution in [2.75, 3.05) is 25.5 Å². The predicted molar refractivity (Wildman–Crippen MR) is 109 cm³/mol. The summed E-state index contributed by atoms with van der Waals surface area (Å²) in [5.41, 5.74) is 2.49. The van der Waals surface area contributed by atoms with Crippen LogP contribution in [0, 0.1) is 0 Å². The number of ether oxygens (including phenoxy) is 1. The van der Waals surface area contributed by atoms with Crippen molar-refractivity contribution in [2.45, 2.75) is 26.0 Å². The second-order valence-electron chi connectivity index (χ2n) is 6.86. The Kier molecular flexibility index (Phi) is 6.41. The topological polar surface area (TPSA) is 61.9 Å². The number of urea groups is 1. The fraction of sp³-hybridized carbons (Fsp3) is 0.333. The third-order valence-electron chi connectivity index (χ3n) is 4.93. The van der Waals surface area contributed by atoms with Crippen LogP contribution in [0.1, 0.15) is 30.5 Å².